The fourth-order valence-corrected chi connectivity index (χ4v) is 6.86. The number of anilines is 1. The second-order valence-corrected chi connectivity index (χ2v) is 11.8. The molecule has 3 fully saturated rings. The lowest BCUT2D eigenvalue weighted by atomic mass is 9.69. The van der Waals surface area contributed by atoms with E-state index in [0.717, 1.165) is 63.7 Å². The summed E-state index contributed by atoms with van der Waals surface area (Å²) in [6.07, 6.45) is -3.55. The molecule has 2 aromatic rings. The molecule has 226 valence electrons. The van der Waals surface area contributed by atoms with Crippen LogP contribution in [0.15, 0.2) is 24.5 Å². The van der Waals surface area contributed by atoms with E-state index in [1.807, 2.05) is 0 Å². The molecule has 1 atom stereocenters. The van der Waals surface area contributed by atoms with Gasteiger partial charge in [-0.15, -0.1) is 0 Å². The van der Waals surface area contributed by atoms with Crippen molar-refractivity contribution in [3.63, 3.8) is 0 Å². The van der Waals surface area contributed by atoms with Crippen molar-refractivity contribution in [1.29, 1.82) is 0 Å². The standard InChI is InChI=1S/C28H35F6N5O2/c29-27(30,31)19-7-10-23-22(11-19)26(37-15-36-23)35-12-24(40)38-20-13-39(14-20)21-8-5-17(6-9-21)16-1-3-18(4-2-16)25(41)28(32,33)34/h7,10-11,15-18,20-21,25,41H,1-6,8-9,12-14H2,(H,38,40)(H,35,36,37). The van der Waals surface area contributed by atoms with Gasteiger partial charge in [-0.25, -0.2) is 9.97 Å². The molecule has 2 heterocycles. The number of alkyl halides is 6. The molecule has 1 saturated heterocycles. The minimum Gasteiger partial charge on any atom is -0.383 e. The van der Waals surface area contributed by atoms with Crippen molar-refractivity contribution in [2.24, 2.45) is 17.8 Å². The Hall–Kier alpha value is -2.67. The fourth-order valence-electron chi connectivity index (χ4n) is 6.86. The Morgan fingerprint density at radius 1 is 0.951 bits per heavy atom. The highest BCUT2D eigenvalue weighted by atomic mass is 19.4. The number of nitrogens with zero attached hydrogens (tertiary/aromatic N) is 3. The number of rotatable bonds is 7. The minimum absolute atomic E-state index is 0.00339. The summed E-state index contributed by atoms with van der Waals surface area (Å²) in [6, 6.07) is 3.62. The molecule has 1 amide bonds. The smallest absolute Gasteiger partial charge is 0.383 e. The zero-order valence-electron chi connectivity index (χ0n) is 22.5. The minimum atomic E-state index is -4.55. The van der Waals surface area contributed by atoms with Crippen molar-refractivity contribution in [3.8, 4) is 0 Å². The number of hydrogen-bond acceptors (Lipinski definition) is 6. The number of aromatic nitrogens is 2. The van der Waals surface area contributed by atoms with Crippen LogP contribution in [0, 0.1) is 17.8 Å². The second-order valence-electron chi connectivity index (χ2n) is 11.8. The van der Waals surface area contributed by atoms with E-state index in [1.54, 1.807) is 0 Å². The molecular weight excluding hydrogens is 552 g/mol. The van der Waals surface area contributed by atoms with Crippen LogP contribution in [0.2, 0.25) is 0 Å². The molecule has 1 aromatic carbocycles. The molecule has 13 heteroatoms. The van der Waals surface area contributed by atoms with E-state index in [-0.39, 0.29) is 29.7 Å². The van der Waals surface area contributed by atoms with E-state index in [1.165, 1.54) is 12.4 Å². The summed E-state index contributed by atoms with van der Waals surface area (Å²) >= 11 is 0. The zero-order chi connectivity index (χ0) is 29.4. The van der Waals surface area contributed by atoms with Gasteiger partial charge in [0.05, 0.1) is 23.7 Å². The number of hydrogen-bond donors (Lipinski definition) is 3. The van der Waals surface area contributed by atoms with E-state index in [2.05, 4.69) is 25.5 Å². The van der Waals surface area contributed by atoms with Gasteiger partial charge >= 0.3 is 12.4 Å². The van der Waals surface area contributed by atoms with Crippen LogP contribution in [0.5, 0.6) is 0 Å². The molecule has 2 aliphatic carbocycles. The van der Waals surface area contributed by atoms with Gasteiger partial charge in [0.25, 0.3) is 0 Å². The average Bonchev–Trinajstić information content (AvgIpc) is 2.92. The van der Waals surface area contributed by atoms with Crippen LogP contribution in [-0.4, -0.2) is 69.9 Å². The van der Waals surface area contributed by atoms with E-state index >= 15 is 0 Å². The van der Waals surface area contributed by atoms with Gasteiger partial charge in [0, 0.05) is 24.5 Å². The number of aliphatic hydroxyl groups excluding tert-OH is 1. The lowest BCUT2D eigenvalue weighted by molar-refractivity contribution is -0.223. The van der Waals surface area contributed by atoms with Gasteiger partial charge in [0.15, 0.2) is 6.10 Å². The molecule has 5 rings (SSSR count). The van der Waals surface area contributed by atoms with E-state index in [0.29, 0.717) is 36.2 Å². The van der Waals surface area contributed by atoms with E-state index < -0.39 is 29.9 Å². The van der Waals surface area contributed by atoms with E-state index in [4.69, 9.17) is 0 Å². The molecule has 0 bridgehead atoms. The number of fused-ring (bicyclic) bond motifs is 1. The van der Waals surface area contributed by atoms with Crippen molar-refractivity contribution >= 4 is 22.6 Å². The van der Waals surface area contributed by atoms with Gasteiger partial charge in [0.2, 0.25) is 5.91 Å². The number of amides is 1. The topological polar surface area (TPSA) is 90.4 Å². The lowest BCUT2D eigenvalue weighted by Crippen LogP contribution is -2.63. The van der Waals surface area contributed by atoms with Crippen LogP contribution in [0.25, 0.3) is 10.9 Å². The van der Waals surface area contributed by atoms with Gasteiger partial charge in [0.1, 0.15) is 12.1 Å². The summed E-state index contributed by atoms with van der Waals surface area (Å²) < 4.78 is 77.9. The molecular formula is C28H35F6N5O2. The van der Waals surface area contributed by atoms with Crippen molar-refractivity contribution in [2.75, 3.05) is 25.0 Å². The van der Waals surface area contributed by atoms with Crippen molar-refractivity contribution in [3.05, 3.63) is 30.1 Å². The first-order chi connectivity index (χ1) is 19.4. The largest absolute Gasteiger partial charge is 0.416 e. The third kappa shape index (κ3) is 7.04. The highest BCUT2D eigenvalue weighted by Gasteiger charge is 2.45. The van der Waals surface area contributed by atoms with Crippen LogP contribution in [0.3, 0.4) is 0 Å². The zero-order valence-corrected chi connectivity index (χ0v) is 22.5. The summed E-state index contributed by atoms with van der Waals surface area (Å²) in [5.41, 5.74) is -0.475. The van der Waals surface area contributed by atoms with Crippen molar-refractivity contribution < 1.29 is 36.2 Å². The molecule has 0 radical (unpaired) electrons. The monoisotopic (exact) mass is 587 g/mol. The highest BCUT2D eigenvalue weighted by molar-refractivity contribution is 5.91. The predicted octanol–water partition coefficient (Wildman–Crippen LogP) is 5.15. The summed E-state index contributed by atoms with van der Waals surface area (Å²) in [6.45, 7) is 1.33. The van der Waals surface area contributed by atoms with Crippen LogP contribution >= 0.6 is 0 Å². The summed E-state index contributed by atoms with van der Waals surface area (Å²) in [5.74, 6) is 0.143. The maximum atomic E-state index is 13.1. The number of carbonyl (C=O) groups is 1. The van der Waals surface area contributed by atoms with Crippen LogP contribution < -0.4 is 10.6 Å². The Morgan fingerprint density at radius 3 is 2.20 bits per heavy atom. The Bertz CT molecular complexity index is 1200. The lowest BCUT2D eigenvalue weighted by Gasteiger charge is -2.48. The van der Waals surface area contributed by atoms with Crippen molar-refractivity contribution in [1.82, 2.24) is 20.2 Å². The van der Waals surface area contributed by atoms with Crippen LogP contribution in [-0.2, 0) is 11.0 Å². The van der Waals surface area contributed by atoms with E-state index in [9.17, 15) is 36.2 Å². The van der Waals surface area contributed by atoms with Crippen LogP contribution in [0.1, 0.15) is 56.9 Å². The Balaban J connectivity index is 1.02. The maximum absolute atomic E-state index is 13.1. The summed E-state index contributed by atoms with van der Waals surface area (Å²) in [4.78, 5) is 22.9. The average molecular weight is 588 g/mol. The fraction of sp³-hybridized carbons (Fsp3) is 0.679. The molecule has 2 saturated carbocycles. The quantitative estimate of drug-likeness (QED) is 0.389. The molecule has 7 nitrogen and oxygen atoms in total. The maximum Gasteiger partial charge on any atom is 0.416 e. The Labute approximate surface area is 234 Å². The van der Waals surface area contributed by atoms with Gasteiger partial charge in [-0.3, -0.25) is 9.69 Å². The number of nitrogens with one attached hydrogen (secondary N) is 2. The summed E-state index contributed by atoms with van der Waals surface area (Å²) in [7, 11) is 0. The highest BCUT2D eigenvalue weighted by Crippen LogP contribution is 2.43. The van der Waals surface area contributed by atoms with Crippen LogP contribution in [0.4, 0.5) is 32.2 Å². The van der Waals surface area contributed by atoms with Gasteiger partial charge in [-0.1, -0.05) is 0 Å². The number of aliphatic hydroxyl groups is 1. The Kier molecular flexibility index (Phi) is 8.66. The third-order valence-electron chi connectivity index (χ3n) is 9.18. The first-order valence-electron chi connectivity index (χ1n) is 14.2. The molecule has 3 aliphatic rings. The number of halogens is 6. The number of likely N-dealkylation sites (tertiary alicyclic amines) is 1. The second kappa shape index (κ2) is 11.9. The molecule has 1 unspecified atom stereocenters. The van der Waals surface area contributed by atoms with Gasteiger partial charge in [-0.05, 0) is 87.3 Å². The summed E-state index contributed by atoms with van der Waals surface area (Å²) in [5, 5.41) is 15.5. The SMILES string of the molecule is O=C(CNc1ncnc2ccc(C(F)(F)F)cc12)NC1CN(C2CCC(C3CCC(C(O)C(F)(F)F)CC3)CC2)C1. The first kappa shape index (κ1) is 29.8. The third-order valence-corrected chi connectivity index (χ3v) is 9.18. The molecule has 0 spiro atoms. The van der Waals surface area contributed by atoms with Gasteiger partial charge < -0.3 is 15.7 Å². The number of carbonyl (C=O) groups excluding carboxylic acids is 1. The molecule has 1 aliphatic heterocycles. The predicted molar refractivity (Wildman–Crippen MR) is 140 cm³/mol. The normalized spacial score (nSPS) is 27.3. The number of benzene rings is 1. The Morgan fingerprint density at radius 2 is 1.59 bits per heavy atom. The van der Waals surface area contributed by atoms with Crippen molar-refractivity contribution in [2.45, 2.75) is 81.9 Å². The molecule has 3 N–H and O–H groups in total. The first-order valence-corrected chi connectivity index (χ1v) is 14.2. The molecule has 41 heavy (non-hydrogen) atoms. The molecule has 1 aromatic heterocycles. The van der Waals surface area contributed by atoms with Gasteiger partial charge in [-0.2, -0.15) is 26.3 Å².